The molecule has 1 aliphatic rings. The van der Waals surface area contributed by atoms with Crippen molar-refractivity contribution in [3.63, 3.8) is 0 Å². The van der Waals surface area contributed by atoms with E-state index in [-0.39, 0.29) is 11.6 Å². The molecule has 5 nitrogen and oxygen atoms in total. The van der Waals surface area contributed by atoms with E-state index in [2.05, 4.69) is 27.3 Å². The number of nitrogens with zero attached hydrogens (tertiary/aromatic N) is 1. The van der Waals surface area contributed by atoms with Crippen LogP contribution in [-0.2, 0) is 11.4 Å². The van der Waals surface area contributed by atoms with Crippen LogP contribution in [0.1, 0.15) is 16.7 Å². The molecule has 4 rings (SSSR count). The Morgan fingerprint density at radius 1 is 1.00 bits per heavy atom. The molecule has 3 aromatic rings. The lowest BCUT2D eigenvalue weighted by molar-refractivity contribution is -0.113. The average molecular weight is 463 g/mol. The van der Waals surface area contributed by atoms with Crippen molar-refractivity contribution in [2.45, 2.75) is 13.5 Å². The van der Waals surface area contributed by atoms with Gasteiger partial charge in [-0.3, -0.25) is 4.79 Å². The SMILES string of the molecule is Cc1cccc(COc2ccc(C=C3NC(=O)N(c4ccccc4)C3=O)cc2Br)c1. The van der Waals surface area contributed by atoms with Crippen molar-refractivity contribution in [1.82, 2.24) is 5.32 Å². The number of rotatable bonds is 5. The lowest BCUT2D eigenvalue weighted by atomic mass is 10.1. The van der Waals surface area contributed by atoms with Crippen LogP contribution in [0.2, 0.25) is 0 Å². The molecule has 0 aliphatic carbocycles. The Morgan fingerprint density at radius 2 is 1.80 bits per heavy atom. The molecule has 1 fully saturated rings. The topological polar surface area (TPSA) is 58.6 Å². The number of carbonyl (C=O) groups is 2. The van der Waals surface area contributed by atoms with E-state index in [1.54, 1.807) is 30.3 Å². The zero-order chi connectivity index (χ0) is 21.1. The highest BCUT2D eigenvalue weighted by molar-refractivity contribution is 9.10. The Balaban J connectivity index is 1.50. The highest BCUT2D eigenvalue weighted by Crippen LogP contribution is 2.29. The predicted octanol–water partition coefficient (Wildman–Crippen LogP) is 5.43. The van der Waals surface area contributed by atoms with E-state index in [0.29, 0.717) is 18.0 Å². The van der Waals surface area contributed by atoms with E-state index < -0.39 is 6.03 Å². The van der Waals surface area contributed by atoms with Gasteiger partial charge < -0.3 is 10.1 Å². The van der Waals surface area contributed by atoms with Gasteiger partial charge in [-0.15, -0.1) is 0 Å². The largest absolute Gasteiger partial charge is 0.488 e. The summed E-state index contributed by atoms with van der Waals surface area (Å²) in [5, 5.41) is 2.64. The van der Waals surface area contributed by atoms with Gasteiger partial charge in [-0.2, -0.15) is 0 Å². The Labute approximate surface area is 183 Å². The highest BCUT2D eigenvalue weighted by atomic mass is 79.9. The molecule has 150 valence electrons. The number of urea groups is 1. The van der Waals surface area contributed by atoms with Gasteiger partial charge in [0.05, 0.1) is 10.2 Å². The summed E-state index contributed by atoms with van der Waals surface area (Å²) in [5.74, 6) is 0.313. The molecule has 1 saturated heterocycles. The molecular weight excluding hydrogens is 444 g/mol. The quantitative estimate of drug-likeness (QED) is 0.405. The van der Waals surface area contributed by atoms with Gasteiger partial charge in [-0.05, 0) is 64.3 Å². The van der Waals surface area contributed by atoms with Crippen molar-refractivity contribution < 1.29 is 14.3 Å². The van der Waals surface area contributed by atoms with Gasteiger partial charge >= 0.3 is 6.03 Å². The fraction of sp³-hybridized carbons (Fsp3) is 0.0833. The monoisotopic (exact) mass is 462 g/mol. The van der Waals surface area contributed by atoms with Crippen LogP contribution in [-0.4, -0.2) is 11.9 Å². The second kappa shape index (κ2) is 8.55. The number of amides is 3. The normalized spacial score (nSPS) is 14.9. The summed E-state index contributed by atoms with van der Waals surface area (Å²) >= 11 is 3.52. The van der Waals surface area contributed by atoms with Crippen molar-refractivity contribution in [2.75, 3.05) is 4.90 Å². The molecule has 1 heterocycles. The number of anilines is 1. The van der Waals surface area contributed by atoms with E-state index >= 15 is 0 Å². The van der Waals surface area contributed by atoms with Crippen LogP contribution in [0.4, 0.5) is 10.5 Å². The number of halogens is 1. The van der Waals surface area contributed by atoms with Crippen molar-refractivity contribution in [2.24, 2.45) is 0 Å². The summed E-state index contributed by atoms with van der Waals surface area (Å²) in [5.41, 5.74) is 3.80. The lowest BCUT2D eigenvalue weighted by Crippen LogP contribution is -2.30. The summed E-state index contributed by atoms with van der Waals surface area (Å²) < 4.78 is 6.67. The minimum absolute atomic E-state index is 0.226. The van der Waals surface area contributed by atoms with Gasteiger partial charge in [-0.25, -0.2) is 9.69 Å². The standard InChI is InChI=1S/C24H19BrN2O3/c1-16-6-5-7-18(12-16)15-30-22-11-10-17(13-20(22)25)14-21-23(28)27(24(29)26-21)19-8-3-2-4-9-19/h2-14H,15H2,1H3,(H,26,29). The number of ether oxygens (including phenoxy) is 1. The molecule has 0 bridgehead atoms. The van der Waals surface area contributed by atoms with Crippen molar-refractivity contribution >= 4 is 39.6 Å². The number of aryl methyl sites for hydroxylation is 1. The number of para-hydroxylation sites is 1. The molecule has 3 amide bonds. The first kappa shape index (κ1) is 19.9. The molecule has 0 atom stereocenters. The number of nitrogens with one attached hydrogen (secondary N) is 1. The van der Waals surface area contributed by atoms with Crippen LogP contribution in [0.15, 0.2) is 83.0 Å². The Morgan fingerprint density at radius 3 is 2.53 bits per heavy atom. The van der Waals surface area contributed by atoms with Crippen LogP contribution in [0.5, 0.6) is 5.75 Å². The highest BCUT2D eigenvalue weighted by Gasteiger charge is 2.34. The number of hydrogen-bond acceptors (Lipinski definition) is 3. The maximum atomic E-state index is 12.7. The van der Waals surface area contributed by atoms with Crippen LogP contribution in [0.25, 0.3) is 6.08 Å². The first-order valence-corrected chi connectivity index (χ1v) is 10.2. The third kappa shape index (κ3) is 4.28. The zero-order valence-electron chi connectivity index (χ0n) is 16.3. The van der Waals surface area contributed by atoms with Gasteiger partial charge in [0.2, 0.25) is 0 Å². The maximum Gasteiger partial charge on any atom is 0.333 e. The van der Waals surface area contributed by atoms with Crippen molar-refractivity contribution in [3.05, 3.63) is 99.7 Å². The van der Waals surface area contributed by atoms with Crippen molar-refractivity contribution in [3.8, 4) is 5.75 Å². The minimum atomic E-state index is -0.463. The van der Waals surface area contributed by atoms with E-state index in [1.807, 2.05) is 49.4 Å². The fourth-order valence-corrected chi connectivity index (χ4v) is 3.71. The molecule has 30 heavy (non-hydrogen) atoms. The number of imide groups is 1. The molecule has 3 aromatic carbocycles. The molecule has 1 N–H and O–H groups in total. The second-order valence-corrected chi connectivity index (χ2v) is 7.79. The van der Waals surface area contributed by atoms with E-state index in [9.17, 15) is 9.59 Å². The molecule has 6 heteroatoms. The van der Waals surface area contributed by atoms with Crippen LogP contribution in [0.3, 0.4) is 0 Å². The maximum absolute atomic E-state index is 12.7. The van der Waals surface area contributed by atoms with E-state index in [4.69, 9.17) is 4.74 Å². The Bertz CT molecular complexity index is 1140. The number of carbonyl (C=O) groups excluding carboxylic acids is 2. The first-order valence-electron chi connectivity index (χ1n) is 9.41. The second-order valence-electron chi connectivity index (χ2n) is 6.93. The summed E-state index contributed by atoms with van der Waals surface area (Å²) in [4.78, 5) is 26.1. The van der Waals surface area contributed by atoms with Gasteiger partial charge in [0.25, 0.3) is 5.91 Å². The van der Waals surface area contributed by atoms with Crippen molar-refractivity contribution in [1.29, 1.82) is 0 Å². The van der Waals surface area contributed by atoms with Crippen LogP contribution in [0, 0.1) is 6.92 Å². The molecule has 1 aliphatic heterocycles. The Hall–Kier alpha value is -3.38. The summed E-state index contributed by atoms with van der Waals surface area (Å²) in [6.07, 6.45) is 1.65. The van der Waals surface area contributed by atoms with Crippen LogP contribution < -0.4 is 15.0 Å². The van der Waals surface area contributed by atoms with E-state index in [1.165, 1.54) is 5.56 Å². The predicted molar refractivity (Wildman–Crippen MR) is 120 cm³/mol. The summed E-state index contributed by atoms with van der Waals surface area (Å²) in [6, 6.07) is 22.1. The zero-order valence-corrected chi connectivity index (χ0v) is 17.8. The Kier molecular flexibility index (Phi) is 5.68. The third-order valence-electron chi connectivity index (χ3n) is 4.64. The molecule has 0 spiro atoms. The minimum Gasteiger partial charge on any atom is -0.488 e. The third-order valence-corrected chi connectivity index (χ3v) is 5.26. The van der Waals surface area contributed by atoms with E-state index in [0.717, 1.165) is 20.5 Å². The molecule has 0 radical (unpaired) electrons. The average Bonchev–Trinajstić information content (AvgIpc) is 3.01. The van der Waals surface area contributed by atoms with Crippen LogP contribution >= 0.6 is 15.9 Å². The molecule has 0 unspecified atom stereocenters. The summed E-state index contributed by atoms with van der Waals surface area (Å²) in [7, 11) is 0. The first-order chi connectivity index (χ1) is 14.5. The van der Waals surface area contributed by atoms with Gasteiger partial charge in [0, 0.05) is 0 Å². The number of benzene rings is 3. The molecular formula is C24H19BrN2O3. The summed E-state index contributed by atoms with van der Waals surface area (Å²) in [6.45, 7) is 2.50. The smallest absolute Gasteiger partial charge is 0.333 e. The van der Waals surface area contributed by atoms with Gasteiger partial charge in [-0.1, -0.05) is 54.1 Å². The molecule has 0 aromatic heterocycles. The fourth-order valence-electron chi connectivity index (χ4n) is 3.20. The lowest BCUT2D eigenvalue weighted by Gasteiger charge is -2.11. The molecule has 0 saturated carbocycles. The number of hydrogen-bond donors (Lipinski definition) is 1. The van der Waals surface area contributed by atoms with Gasteiger partial charge in [0.15, 0.2) is 0 Å². The van der Waals surface area contributed by atoms with Gasteiger partial charge in [0.1, 0.15) is 18.1 Å².